The van der Waals surface area contributed by atoms with Gasteiger partial charge in [-0.25, -0.2) is 9.78 Å². The van der Waals surface area contributed by atoms with Crippen molar-refractivity contribution in [1.29, 1.82) is 0 Å². The van der Waals surface area contributed by atoms with Crippen LogP contribution in [-0.4, -0.2) is 38.3 Å². The minimum absolute atomic E-state index is 0.306. The average Bonchev–Trinajstić information content (AvgIpc) is 2.95. The van der Waals surface area contributed by atoms with Gasteiger partial charge in [-0.15, -0.1) is 11.6 Å². The third kappa shape index (κ3) is 2.28. The number of carbonyl (C=O) groups excluding carboxylic acids is 1. The zero-order chi connectivity index (χ0) is 14.9. The Bertz CT molecular complexity index is 632. The summed E-state index contributed by atoms with van der Waals surface area (Å²) in [7, 11) is 3.24. The Kier molecular flexibility index (Phi) is 4.32. The Labute approximate surface area is 122 Å². The van der Waals surface area contributed by atoms with Crippen molar-refractivity contribution in [2.75, 3.05) is 13.0 Å². The molecule has 110 valence electrons. The second-order valence-electron chi connectivity index (χ2n) is 4.63. The van der Waals surface area contributed by atoms with E-state index in [0.717, 1.165) is 29.1 Å². The summed E-state index contributed by atoms with van der Waals surface area (Å²) in [5.74, 6) is 0.932. The van der Waals surface area contributed by atoms with Crippen molar-refractivity contribution < 1.29 is 9.53 Å². The second-order valence-corrected chi connectivity index (χ2v) is 5.01. The number of rotatable bonds is 5. The van der Waals surface area contributed by atoms with Gasteiger partial charge in [0.25, 0.3) is 0 Å². The van der Waals surface area contributed by atoms with Gasteiger partial charge in [-0.3, -0.25) is 9.25 Å². The van der Waals surface area contributed by atoms with Crippen molar-refractivity contribution in [2.45, 2.75) is 32.7 Å². The number of aryl methyl sites for hydroxylation is 3. The van der Waals surface area contributed by atoms with Gasteiger partial charge in [0, 0.05) is 19.3 Å². The van der Waals surface area contributed by atoms with Crippen LogP contribution in [-0.2, 0) is 29.4 Å². The summed E-state index contributed by atoms with van der Waals surface area (Å²) in [4.78, 5) is 16.5. The topological polar surface area (TPSA) is 61.9 Å². The molecule has 0 spiro atoms. The lowest BCUT2D eigenvalue weighted by Gasteiger charge is -2.15. The van der Waals surface area contributed by atoms with Crippen molar-refractivity contribution in [3.8, 4) is 0 Å². The molecule has 1 atom stereocenters. The molecule has 0 amide bonds. The van der Waals surface area contributed by atoms with Crippen LogP contribution >= 0.6 is 11.6 Å². The van der Waals surface area contributed by atoms with E-state index in [4.69, 9.17) is 16.3 Å². The molecule has 0 N–H and O–H groups in total. The smallest absolute Gasteiger partial charge is 0.328 e. The van der Waals surface area contributed by atoms with Gasteiger partial charge in [0.2, 0.25) is 0 Å². The van der Waals surface area contributed by atoms with Crippen molar-refractivity contribution in [3.63, 3.8) is 0 Å². The SMILES string of the molecule is CCc1nn(C)c2c1nc(CCCl)n2C(C)C(=O)OC. The highest BCUT2D eigenvalue weighted by atomic mass is 35.5. The zero-order valence-corrected chi connectivity index (χ0v) is 12.9. The average molecular weight is 299 g/mol. The summed E-state index contributed by atoms with van der Waals surface area (Å²) >= 11 is 5.84. The monoisotopic (exact) mass is 298 g/mol. The largest absolute Gasteiger partial charge is 0.467 e. The van der Waals surface area contributed by atoms with Crippen LogP contribution in [0.1, 0.15) is 31.4 Å². The Morgan fingerprint density at radius 2 is 2.20 bits per heavy atom. The molecule has 0 aliphatic rings. The summed E-state index contributed by atoms with van der Waals surface area (Å²) < 4.78 is 8.47. The summed E-state index contributed by atoms with van der Waals surface area (Å²) in [6, 6.07) is -0.455. The van der Waals surface area contributed by atoms with E-state index in [2.05, 4.69) is 10.1 Å². The van der Waals surface area contributed by atoms with Gasteiger partial charge < -0.3 is 4.74 Å². The van der Waals surface area contributed by atoms with Gasteiger partial charge in [0.05, 0.1) is 12.8 Å². The standard InChI is InChI=1S/C13H19ClN4O2/c1-5-9-11-12(17(3)16-9)18(8(2)13(19)20-4)10(15-11)6-7-14/h8H,5-7H2,1-4H3. The van der Waals surface area contributed by atoms with Crippen LogP contribution in [0.2, 0.25) is 0 Å². The van der Waals surface area contributed by atoms with Crippen molar-refractivity contribution in [3.05, 3.63) is 11.5 Å². The highest BCUT2D eigenvalue weighted by molar-refractivity contribution is 6.17. The van der Waals surface area contributed by atoms with Gasteiger partial charge in [-0.2, -0.15) is 5.10 Å². The first-order valence-electron chi connectivity index (χ1n) is 6.61. The van der Waals surface area contributed by atoms with E-state index in [1.807, 2.05) is 18.5 Å². The maximum absolute atomic E-state index is 11.9. The minimum Gasteiger partial charge on any atom is -0.467 e. The number of esters is 1. The number of halogens is 1. The molecule has 6 nitrogen and oxygen atoms in total. The first-order valence-corrected chi connectivity index (χ1v) is 7.15. The molecular formula is C13H19ClN4O2. The van der Waals surface area contributed by atoms with E-state index in [-0.39, 0.29) is 5.97 Å². The fourth-order valence-corrected chi connectivity index (χ4v) is 2.60. The van der Waals surface area contributed by atoms with Crippen LogP contribution in [0, 0.1) is 0 Å². The Morgan fingerprint density at radius 3 is 2.75 bits per heavy atom. The molecule has 0 bridgehead atoms. The number of alkyl halides is 1. The van der Waals surface area contributed by atoms with E-state index in [0.29, 0.717) is 12.3 Å². The van der Waals surface area contributed by atoms with Crippen LogP contribution < -0.4 is 0 Å². The summed E-state index contributed by atoms with van der Waals surface area (Å²) in [5, 5.41) is 4.45. The number of aromatic nitrogens is 4. The molecule has 20 heavy (non-hydrogen) atoms. The number of ether oxygens (including phenoxy) is 1. The second kappa shape index (κ2) is 5.83. The molecule has 2 aromatic heterocycles. The highest BCUT2D eigenvalue weighted by Gasteiger charge is 2.25. The molecule has 1 unspecified atom stereocenters. The number of nitrogens with zero attached hydrogens (tertiary/aromatic N) is 4. The van der Waals surface area contributed by atoms with Crippen molar-refractivity contribution in [1.82, 2.24) is 19.3 Å². The van der Waals surface area contributed by atoms with Crippen LogP contribution in [0.4, 0.5) is 0 Å². The van der Waals surface area contributed by atoms with Crippen molar-refractivity contribution >= 4 is 28.7 Å². The molecule has 0 aliphatic heterocycles. The van der Waals surface area contributed by atoms with E-state index in [1.54, 1.807) is 11.6 Å². The quantitative estimate of drug-likeness (QED) is 0.624. The molecule has 0 saturated carbocycles. The molecule has 0 saturated heterocycles. The maximum atomic E-state index is 11.9. The molecule has 0 radical (unpaired) electrons. The van der Waals surface area contributed by atoms with Crippen molar-refractivity contribution in [2.24, 2.45) is 7.05 Å². The van der Waals surface area contributed by atoms with Gasteiger partial charge in [0.1, 0.15) is 17.4 Å². The highest BCUT2D eigenvalue weighted by Crippen LogP contribution is 2.25. The lowest BCUT2D eigenvalue weighted by atomic mass is 10.3. The lowest BCUT2D eigenvalue weighted by Crippen LogP contribution is -2.21. The Hall–Kier alpha value is -1.56. The summed E-state index contributed by atoms with van der Waals surface area (Å²) in [5.41, 5.74) is 2.60. The zero-order valence-electron chi connectivity index (χ0n) is 12.2. The number of carbonyl (C=O) groups is 1. The van der Waals surface area contributed by atoms with E-state index < -0.39 is 6.04 Å². The van der Waals surface area contributed by atoms with E-state index in [1.165, 1.54) is 7.11 Å². The number of imidazole rings is 1. The molecular weight excluding hydrogens is 280 g/mol. The van der Waals surface area contributed by atoms with Crippen LogP contribution in [0.3, 0.4) is 0 Å². The fourth-order valence-electron chi connectivity index (χ4n) is 2.43. The normalized spacial score (nSPS) is 12.8. The van der Waals surface area contributed by atoms with Gasteiger partial charge >= 0.3 is 5.97 Å². The fraction of sp³-hybridized carbons (Fsp3) is 0.615. The predicted octanol–water partition coefficient (Wildman–Crippen LogP) is 1.85. The molecule has 7 heteroatoms. The Morgan fingerprint density at radius 1 is 1.50 bits per heavy atom. The van der Waals surface area contributed by atoms with Crippen LogP contribution in [0.15, 0.2) is 0 Å². The first-order chi connectivity index (χ1) is 9.54. The number of methoxy groups -OCH3 is 1. The van der Waals surface area contributed by atoms with E-state index >= 15 is 0 Å². The molecule has 0 fully saturated rings. The van der Waals surface area contributed by atoms with Gasteiger partial charge in [-0.05, 0) is 13.3 Å². The number of hydrogen-bond donors (Lipinski definition) is 0. The maximum Gasteiger partial charge on any atom is 0.328 e. The molecule has 0 aliphatic carbocycles. The summed E-state index contributed by atoms with van der Waals surface area (Å²) in [6.07, 6.45) is 1.39. The molecule has 0 aromatic carbocycles. The van der Waals surface area contributed by atoms with Crippen LogP contribution in [0.5, 0.6) is 0 Å². The summed E-state index contributed by atoms with van der Waals surface area (Å²) in [6.45, 7) is 3.83. The van der Waals surface area contributed by atoms with Gasteiger partial charge in [0.15, 0.2) is 5.65 Å². The lowest BCUT2D eigenvalue weighted by molar-refractivity contribution is -0.144. The van der Waals surface area contributed by atoms with Gasteiger partial charge in [-0.1, -0.05) is 6.92 Å². The van der Waals surface area contributed by atoms with Crippen LogP contribution in [0.25, 0.3) is 11.2 Å². The minimum atomic E-state index is -0.455. The predicted molar refractivity (Wildman–Crippen MR) is 77.0 cm³/mol. The third-order valence-electron chi connectivity index (χ3n) is 3.39. The van der Waals surface area contributed by atoms with E-state index in [9.17, 15) is 4.79 Å². The third-order valence-corrected chi connectivity index (χ3v) is 3.58. The number of hydrogen-bond acceptors (Lipinski definition) is 4. The Balaban J connectivity index is 2.67. The molecule has 2 rings (SSSR count). The molecule has 2 aromatic rings. The number of fused-ring (bicyclic) bond motifs is 1. The molecule has 2 heterocycles. The first kappa shape index (κ1) is 14.8.